The summed E-state index contributed by atoms with van der Waals surface area (Å²) in [6, 6.07) is 0.0725. The summed E-state index contributed by atoms with van der Waals surface area (Å²) in [7, 11) is 1.30. The second kappa shape index (κ2) is 5.83. The number of hydrogen-bond acceptors (Lipinski definition) is 3. The molecule has 0 spiro atoms. The van der Waals surface area contributed by atoms with E-state index in [1.165, 1.54) is 7.11 Å². The number of ether oxygens (including phenoxy) is 2. The van der Waals surface area contributed by atoms with Gasteiger partial charge in [-0.25, -0.2) is 8.78 Å². The second-order valence-corrected chi connectivity index (χ2v) is 3.22. The third kappa shape index (κ3) is 3.31. The van der Waals surface area contributed by atoms with Gasteiger partial charge >= 0.3 is 0 Å². The Bertz CT molecular complexity index is 371. The van der Waals surface area contributed by atoms with Crippen LogP contribution >= 0.6 is 0 Å². The first kappa shape index (κ1) is 13.7. The minimum Gasteiger partial charge on any atom is -0.485 e. The molecule has 0 heterocycles. The van der Waals surface area contributed by atoms with E-state index in [0.717, 1.165) is 0 Å². The van der Waals surface area contributed by atoms with Crippen molar-refractivity contribution in [1.29, 1.82) is 0 Å². The van der Waals surface area contributed by atoms with Crippen LogP contribution in [0.1, 0.15) is 0 Å². The maximum absolute atomic E-state index is 13.1. The van der Waals surface area contributed by atoms with Gasteiger partial charge < -0.3 is 14.6 Å². The van der Waals surface area contributed by atoms with Crippen LogP contribution in [0.15, 0.2) is 6.07 Å². The molecule has 0 bridgehead atoms. The molecule has 0 aliphatic carbocycles. The zero-order chi connectivity index (χ0) is 13.0. The molecule has 1 aromatic rings. The summed E-state index contributed by atoms with van der Waals surface area (Å²) in [5.74, 6) is -7.63. The lowest BCUT2D eigenvalue weighted by molar-refractivity contribution is 0.0301. The van der Waals surface area contributed by atoms with Gasteiger partial charge in [-0.2, -0.15) is 8.78 Å². The Morgan fingerprint density at radius 2 is 1.65 bits per heavy atom. The van der Waals surface area contributed by atoms with Crippen LogP contribution in [0, 0.1) is 23.3 Å². The molecule has 0 aromatic heterocycles. The molecule has 1 aromatic carbocycles. The summed E-state index contributed by atoms with van der Waals surface area (Å²) >= 11 is 0. The van der Waals surface area contributed by atoms with Gasteiger partial charge in [0.25, 0.3) is 0 Å². The molecule has 7 heteroatoms. The molecule has 0 amide bonds. The Balaban J connectivity index is 2.83. The fraction of sp³-hybridized carbons (Fsp3) is 0.400. The molecule has 1 atom stereocenters. The van der Waals surface area contributed by atoms with Crippen LogP contribution in [0.5, 0.6) is 5.75 Å². The lowest BCUT2D eigenvalue weighted by atomic mass is 10.3. The quantitative estimate of drug-likeness (QED) is 0.641. The van der Waals surface area contributed by atoms with Crippen molar-refractivity contribution in [2.45, 2.75) is 6.10 Å². The molecular weight excluding hydrogens is 244 g/mol. The molecule has 0 saturated carbocycles. The average molecular weight is 254 g/mol. The lowest BCUT2D eigenvalue weighted by Gasteiger charge is -2.12. The van der Waals surface area contributed by atoms with Gasteiger partial charge in [0, 0.05) is 13.2 Å². The summed E-state index contributed by atoms with van der Waals surface area (Å²) in [5.41, 5.74) is 0. The van der Waals surface area contributed by atoms with E-state index in [9.17, 15) is 17.6 Å². The van der Waals surface area contributed by atoms with E-state index in [2.05, 4.69) is 9.47 Å². The molecule has 3 nitrogen and oxygen atoms in total. The molecule has 0 aliphatic heterocycles. The van der Waals surface area contributed by atoms with Gasteiger partial charge in [-0.05, 0) is 0 Å². The van der Waals surface area contributed by atoms with E-state index in [1.54, 1.807) is 0 Å². The number of methoxy groups -OCH3 is 1. The van der Waals surface area contributed by atoms with Crippen LogP contribution in [-0.2, 0) is 4.74 Å². The summed E-state index contributed by atoms with van der Waals surface area (Å²) < 4.78 is 60.6. The van der Waals surface area contributed by atoms with E-state index < -0.39 is 41.7 Å². The van der Waals surface area contributed by atoms with Gasteiger partial charge in [-0.15, -0.1) is 0 Å². The minimum absolute atomic E-state index is 0.0725. The van der Waals surface area contributed by atoms with E-state index in [4.69, 9.17) is 5.11 Å². The fourth-order valence-corrected chi connectivity index (χ4v) is 1.10. The number of hydrogen-bond donors (Lipinski definition) is 1. The Morgan fingerprint density at radius 3 is 2.12 bits per heavy atom. The van der Waals surface area contributed by atoms with Crippen LogP contribution < -0.4 is 4.74 Å². The van der Waals surface area contributed by atoms with Gasteiger partial charge in [0.05, 0.1) is 6.61 Å². The molecule has 17 heavy (non-hydrogen) atoms. The highest BCUT2D eigenvalue weighted by Crippen LogP contribution is 2.26. The molecular formula is C10H10F4O3. The van der Waals surface area contributed by atoms with Crippen molar-refractivity contribution in [1.82, 2.24) is 0 Å². The fourth-order valence-electron chi connectivity index (χ4n) is 1.10. The van der Waals surface area contributed by atoms with Crippen molar-refractivity contribution in [2.24, 2.45) is 0 Å². The normalized spacial score (nSPS) is 12.6. The predicted molar refractivity (Wildman–Crippen MR) is 49.7 cm³/mol. The summed E-state index contributed by atoms with van der Waals surface area (Å²) in [4.78, 5) is 0. The highest BCUT2D eigenvalue weighted by molar-refractivity contribution is 5.28. The van der Waals surface area contributed by atoms with Crippen molar-refractivity contribution in [3.05, 3.63) is 29.3 Å². The number of aliphatic hydroxyl groups excluding tert-OH is 1. The maximum Gasteiger partial charge on any atom is 0.203 e. The number of aliphatic hydroxyl groups is 1. The second-order valence-electron chi connectivity index (χ2n) is 3.22. The topological polar surface area (TPSA) is 38.7 Å². The first-order valence-corrected chi connectivity index (χ1v) is 4.60. The van der Waals surface area contributed by atoms with Crippen molar-refractivity contribution < 1.29 is 32.1 Å². The number of benzene rings is 1. The van der Waals surface area contributed by atoms with Crippen molar-refractivity contribution in [3.63, 3.8) is 0 Å². The lowest BCUT2D eigenvalue weighted by Crippen LogP contribution is -2.23. The summed E-state index contributed by atoms with van der Waals surface area (Å²) in [6.45, 7) is -0.689. The molecule has 1 rings (SSSR count). The van der Waals surface area contributed by atoms with Crippen molar-refractivity contribution in [2.75, 3.05) is 20.3 Å². The highest BCUT2D eigenvalue weighted by Gasteiger charge is 2.21. The largest absolute Gasteiger partial charge is 0.485 e. The zero-order valence-electron chi connectivity index (χ0n) is 8.84. The molecule has 1 N–H and O–H groups in total. The molecule has 1 unspecified atom stereocenters. The first-order chi connectivity index (χ1) is 7.97. The summed E-state index contributed by atoms with van der Waals surface area (Å²) in [6.07, 6.45) is -1.16. The van der Waals surface area contributed by atoms with Gasteiger partial charge in [0.2, 0.25) is 11.6 Å². The van der Waals surface area contributed by atoms with E-state index in [-0.39, 0.29) is 12.7 Å². The van der Waals surface area contributed by atoms with Crippen molar-refractivity contribution >= 4 is 0 Å². The van der Waals surface area contributed by atoms with E-state index in [1.807, 2.05) is 0 Å². The number of halogens is 4. The molecule has 0 aliphatic rings. The summed E-state index contributed by atoms with van der Waals surface area (Å²) in [5, 5.41) is 9.15. The smallest absolute Gasteiger partial charge is 0.203 e. The molecule has 0 radical (unpaired) electrons. The number of rotatable bonds is 5. The Labute approximate surface area is 94.6 Å². The maximum atomic E-state index is 13.1. The van der Waals surface area contributed by atoms with Gasteiger partial charge in [0.15, 0.2) is 17.4 Å². The van der Waals surface area contributed by atoms with Crippen molar-refractivity contribution in [3.8, 4) is 5.75 Å². The highest BCUT2D eigenvalue weighted by atomic mass is 19.2. The van der Waals surface area contributed by atoms with Crippen LogP contribution in [-0.4, -0.2) is 31.5 Å². The van der Waals surface area contributed by atoms with Crippen LogP contribution in [0.2, 0.25) is 0 Å². The average Bonchev–Trinajstić information content (AvgIpc) is 2.27. The van der Waals surface area contributed by atoms with E-state index in [0.29, 0.717) is 0 Å². The van der Waals surface area contributed by atoms with Crippen LogP contribution in [0.4, 0.5) is 17.6 Å². The first-order valence-electron chi connectivity index (χ1n) is 4.60. The van der Waals surface area contributed by atoms with Crippen LogP contribution in [0.3, 0.4) is 0 Å². The van der Waals surface area contributed by atoms with Gasteiger partial charge in [-0.1, -0.05) is 0 Å². The molecule has 0 saturated heterocycles. The standard InChI is InChI=1S/C10H10F4O3/c1-16-3-5(15)4-17-10-8(13)6(11)2-7(12)9(10)14/h2,5,15H,3-4H2,1H3. The Hall–Kier alpha value is -1.34. The predicted octanol–water partition coefficient (Wildman–Crippen LogP) is 1.63. The molecule has 0 fully saturated rings. The van der Waals surface area contributed by atoms with Gasteiger partial charge in [0.1, 0.15) is 12.7 Å². The minimum atomic E-state index is -1.64. The third-order valence-corrected chi connectivity index (χ3v) is 1.85. The SMILES string of the molecule is COCC(O)COc1c(F)c(F)cc(F)c1F. The Morgan fingerprint density at radius 1 is 1.12 bits per heavy atom. The monoisotopic (exact) mass is 254 g/mol. The Kier molecular flexibility index (Phi) is 4.71. The zero-order valence-corrected chi connectivity index (χ0v) is 8.84. The van der Waals surface area contributed by atoms with Crippen LogP contribution in [0.25, 0.3) is 0 Å². The van der Waals surface area contributed by atoms with E-state index >= 15 is 0 Å². The molecule has 96 valence electrons. The van der Waals surface area contributed by atoms with Gasteiger partial charge in [-0.3, -0.25) is 0 Å². The third-order valence-electron chi connectivity index (χ3n) is 1.85.